The van der Waals surface area contributed by atoms with Crippen molar-refractivity contribution in [2.75, 3.05) is 23.8 Å². The van der Waals surface area contributed by atoms with Gasteiger partial charge in [-0.15, -0.1) is 11.3 Å². The second kappa shape index (κ2) is 8.32. The van der Waals surface area contributed by atoms with E-state index in [1.807, 2.05) is 25.2 Å². The predicted octanol–water partition coefficient (Wildman–Crippen LogP) is 6.48. The van der Waals surface area contributed by atoms with E-state index in [9.17, 15) is 13.6 Å². The Morgan fingerprint density at radius 1 is 1.09 bits per heavy atom. The number of aromatic amines is 1. The first-order valence-electron chi connectivity index (χ1n) is 11.2. The van der Waals surface area contributed by atoms with Crippen LogP contribution in [0.5, 0.6) is 0 Å². The normalized spacial score (nSPS) is 12.8. The molecule has 8 heteroatoms. The Morgan fingerprint density at radius 3 is 2.69 bits per heavy atom. The summed E-state index contributed by atoms with van der Waals surface area (Å²) in [7, 11) is 1.82. The van der Waals surface area contributed by atoms with E-state index in [2.05, 4.69) is 15.3 Å². The number of hydrogen-bond acceptors (Lipinski definition) is 4. The lowest BCUT2D eigenvalue weighted by atomic mass is 10.1. The molecule has 174 valence electrons. The number of rotatable bonds is 3. The summed E-state index contributed by atoms with van der Waals surface area (Å²) >= 11 is 1.50. The molecule has 0 bridgehead atoms. The number of amides is 1. The number of aromatic nitrogens is 2. The monoisotopic (exact) mass is 486 g/mol. The highest BCUT2D eigenvalue weighted by Crippen LogP contribution is 2.44. The van der Waals surface area contributed by atoms with E-state index >= 15 is 0 Å². The molecular formula is C27H20F2N4OS. The van der Waals surface area contributed by atoms with Gasteiger partial charge in [0.05, 0.1) is 16.1 Å². The Balaban J connectivity index is 1.43. The first-order chi connectivity index (χ1) is 17.0. The number of nitrogens with one attached hydrogen (secondary N) is 2. The van der Waals surface area contributed by atoms with Crippen molar-refractivity contribution < 1.29 is 13.6 Å². The van der Waals surface area contributed by atoms with Gasteiger partial charge in [-0.3, -0.25) is 4.79 Å². The SMILES string of the molecule is CNc1ccc(C(=O)N2CCc3cc(-c4nc5c(F)cccc5[nH]4)sc3-c3ccc(F)cc32)cc1. The van der Waals surface area contributed by atoms with E-state index in [0.29, 0.717) is 41.1 Å². The van der Waals surface area contributed by atoms with Crippen LogP contribution < -0.4 is 10.2 Å². The van der Waals surface area contributed by atoms with Crippen molar-refractivity contribution >= 4 is 39.7 Å². The number of H-pyrrole nitrogens is 1. The summed E-state index contributed by atoms with van der Waals surface area (Å²) in [6, 6.07) is 18.6. The van der Waals surface area contributed by atoms with E-state index in [0.717, 1.165) is 26.6 Å². The average molecular weight is 487 g/mol. The van der Waals surface area contributed by atoms with E-state index in [1.54, 1.807) is 35.2 Å². The number of carbonyl (C=O) groups excluding carboxylic acids is 1. The minimum Gasteiger partial charge on any atom is -0.388 e. The first kappa shape index (κ1) is 21.5. The molecule has 2 N–H and O–H groups in total. The van der Waals surface area contributed by atoms with Gasteiger partial charge in [0.2, 0.25) is 0 Å². The lowest BCUT2D eigenvalue weighted by Crippen LogP contribution is -2.32. The fraction of sp³-hybridized carbons (Fsp3) is 0.111. The molecule has 35 heavy (non-hydrogen) atoms. The number of imidazole rings is 1. The number of thiophene rings is 1. The van der Waals surface area contributed by atoms with Crippen LogP contribution in [0.1, 0.15) is 15.9 Å². The van der Waals surface area contributed by atoms with Gasteiger partial charge in [0, 0.05) is 35.3 Å². The molecule has 0 radical (unpaired) electrons. The molecule has 0 fully saturated rings. The molecule has 0 atom stereocenters. The third kappa shape index (κ3) is 3.66. The Bertz CT molecular complexity index is 1590. The van der Waals surface area contributed by atoms with Crippen LogP contribution in [0.3, 0.4) is 0 Å². The van der Waals surface area contributed by atoms with Gasteiger partial charge in [0.25, 0.3) is 5.91 Å². The summed E-state index contributed by atoms with van der Waals surface area (Å²) in [5.41, 5.74) is 4.74. The minimum atomic E-state index is -0.403. The Hall–Kier alpha value is -4.04. The molecule has 1 amide bonds. The lowest BCUT2D eigenvalue weighted by molar-refractivity contribution is 0.0987. The molecule has 0 aliphatic carbocycles. The molecule has 5 nitrogen and oxygen atoms in total. The zero-order valence-corrected chi connectivity index (χ0v) is 19.5. The lowest BCUT2D eigenvalue weighted by Gasteiger charge is -2.23. The fourth-order valence-electron chi connectivity index (χ4n) is 4.49. The van der Waals surface area contributed by atoms with Crippen molar-refractivity contribution in [3.8, 4) is 21.1 Å². The highest BCUT2D eigenvalue weighted by Gasteiger charge is 2.28. The predicted molar refractivity (Wildman–Crippen MR) is 136 cm³/mol. The Labute approximate surface area is 204 Å². The van der Waals surface area contributed by atoms with Crippen molar-refractivity contribution in [2.45, 2.75) is 6.42 Å². The zero-order chi connectivity index (χ0) is 24.1. The number of anilines is 2. The number of halogens is 2. The summed E-state index contributed by atoms with van der Waals surface area (Å²) in [6.07, 6.45) is 0.594. The maximum Gasteiger partial charge on any atom is 0.258 e. The van der Waals surface area contributed by atoms with Crippen LogP contribution in [-0.4, -0.2) is 29.5 Å². The van der Waals surface area contributed by atoms with Crippen molar-refractivity contribution in [3.05, 3.63) is 89.5 Å². The number of fused-ring (bicyclic) bond motifs is 4. The summed E-state index contributed by atoms with van der Waals surface area (Å²) in [5, 5.41) is 3.04. The van der Waals surface area contributed by atoms with Gasteiger partial charge in [-0.1, -0.05) is 6.07 Å². The number of benzene rings is 3. The molecule has 1 aliphatic rings. The number of hydrogen-bond donors (Lipinski definition) is 2. The molecule has 6 rings (SSSR count). The quantitative estimate of drug-likeness (QED) is 0.307. The van der Waals surface area contributed by atoms with Gasteiger partial charge in [-0.25, -0.2) is 13.8 Å². The molecule has 0 spiro atoms. The van der Waals surface area contributed by atoms with Crippen LogP contribution in [0, 0.1) is 11.6 Å². The molecule has 5 aromatic rings. The van der Waals surface area contributed by atoms with Crippen molar-refractivity contribution in [2.24, 2.45) is 0 Å². The van der Waals surface area contributed by atoms with Gasteiger partial charge in [-0.05, 0) is 72.6 Å². The van der Waals surface area contributed by atoms with Crippen LogP contribution in [0.2, 0.25) is 0 Å². The van der Waals surface area contributed by atoms with E-state index in [1.165, 1.54) is 29.5 Å². The van der Waals surface area contributed by atoms with Crippen LogP contribution in [0.25, 0.3) is 32.2 Å². The maximum absolute atomic E-state index is 14.4. The molecule has 3 heterocycles. The molecular weight excluding hydrogens is 466 g/mol. The van der Waals surface area contributed by atoms with E-state index < -0.39 is 5.82 Å². The summed E-state index contributed by atoms with van der Waals surface area (Å²) in [6.45, 7) is 0.404. The molecule has 0 unspecified atom stereocenters. The highest BCUT2D eigenvalue weighted by molar-refractivity contribution is 7.19. The van der Waals surface area contributed by atoms with E-state index in [-0.39, 0.29) is 11.7 Å². The number of nitrogens with zero attached hydrogens (tertiary/aromatic N) is 2. The Kier molecular flexibility index (Phi) is 5.11. The van der Waals surface area contributed by atoms with Crippen molar-refractivity contribution in [1.29, 1.82) is 0 Å². The number of carbonyl (C=O) groups is 1. The van der Waals surface area contributed by atoms with Crippen LogP contribution in [0.4, 0.5) is 20.2 Å². The highest BCUT2D eigenvalue weighted by atomic mass is 32.1. The van der Waals surface area contributed by atoms with E-state index in [4.69, 9.17) is 0 Å². The Morgan fingerprint density at radius 2 is 1.91 bits per heavy atom. The second-order valence-electron chi connectivity index (χ2n) is 8.38. The smallest absolute Gasteiger partial charge is 0.258 e. The summed E-state index contributed by atoms with van der Waals surface area (Å²) in [5.74, 6) is -0.368. The summed E-state index contributed by atoms with van der Waals surface area (Å²) < 4.78 is 28.6. The minimum absolute atomic E-state index is 0.178. The molecule has 2 aromatic heterocycles. The maximum atomic E-state index is 14.4. The molecule has 3 aromatic carbocycles. The van der Waals surface area contributed by atoms with Crippen LogP contribution in [0.15, 0.2) is 66.7 Å². The zero-order valence-electron chi connectivity index (χ0n) is 18.7. The fourth-order valence-corrected chi connectivity index (χ4v) is 5.68. The first-order valence-corrected chi connectivity index (χ1v) is 12.0. The summed E-state index contributed by atoms with van der Waals surface area (Å²) in [4.78, 5) is 24.6. The van der Waals surface area contributed by atoms with Gasteiger partial charge in [0.1, 0.15) is 17.2 Å². The van der Waals surface area contributed by atoms with Gasteiger partial charge >= 0.3 is 0 Å². The molecule has 0 saturated carbocycles. The largest absolute Gasteiger partial charge is 0.388 e. The molecule has 1 aliphatic heterocycles. The van der Waals surface area contributed by atoms with Crippen LogP contribution >= 0.6 is 11.3 Å². The van der Waals surface area contributed by atoms with Crippen molar-refractivity contribution in [3.63, 3.8) is 0 Å². The van der Waals surface area contributed by atoms with Gasteiger partial charge in [0.15, 0.2) is 5.82 Å². The van der Waals surface area contributed by atoms with Crippen LogP contribution in [-0.2, 0) is 6.42 Å². The third-order valence-electron chi connectivity index (χ3n) is 6.27. The van der Waals surface area contributed by atoms with Gasteiger partial charge in [-0.2, -0.15) is 0 Å². The number of para-hydroxylation sites is 1. The third-order valence-corrected chi connectivity index (χ3v) is 7.49. The topological polar surface area (TPSA) is 61.0 Å². The average Bonchev–Trinajstić information content (AvgIpc) is 3.46. The van der Waals surface area contributed by atoms with Crippen molar-refractivity contribution in [1.82, 2.24) is 9.97 Å². The second-order valence-corrected chi connectivity index (χ2v) is 9.43. The molecule has 0 saturated heterocycles. The standard InChI is InChI=1S/C27H20F2N4OS/c1-30-18-8-5-15(6-9-18)27(34)33-12-11-16-13-23(26-31-21-4-2-3-20(29)24(21)32-26)35-25(16)19-10-7-17(28)14-22(19)33/h2-10,13-14,30H,11-12H2,1H3,(H,31,32). The van der Waals surface area contributed by atoms with Gasteiger partial charge < -0.3 is 15.2 Å².